The molecular weight excluding hydrogens is 373 g/mol. The molecule has 5 nitrogen and oxygen atoms in total. The lowest BCUT2D eigenvalue weighted by molar-refractivity contribution is -0.137. The fraction of sp³-hybridized carbons (Fsp3) is 0.350. The molecule has 1 N–H and O–H groups in total. The first-order valence-corrected chi connectivity index (χ1v) is 8.89. The highest BCUT2D eigenvalue weighted by molar-refractivity contribution is 5.92. The lowest BCUT2D eigenvalue weighted by atomic mass is 9.88. The first kappa shape index (κ1) is 19.9. The summed E-state index contributed by atoms with van der Waals surface area (Å²) < 4.78 is 37.8. The zero-order valence-corrected chi connectivity index (χ0v) is 14.9. The van der Waals surface area contributed by atoms with E-state index >= 15 is 0 Å². The normalized spacial score (nSPS) is 15.5. The second kappa shape index (κ2) is 8.00. The first-order valence-electron chi connectivity index (χ1n) is 8.89. The molecule has 1 amide bonds. The van der Waals surface area contributed by atoms with Crippen LogP contribution in [0.25, 0.3) is 0 Å². The number of pyridine rings is 1. The van der Waals surface area contributed by atoms with Crippen LogP contribution >= 0.6 is 0 Å². The molecule has 1 fully saturated rings. The highest BCUT2D eigenvalue weighted by Gasteiger charge is 2.31. The van der Waals surface area contributed by atoms with E-state index in [1.807, 2.05) is 0 Å². The van der Waals surface area contributed by atoms with Crippen LogP contribution in [0.3, 0.4) is 0 Å². The number of benzene rings is 1. The Bertz CT molecular complexity index is 858. The Balaban J connectivity index is 1.59. The predicted molar refractivity (Wildman–Crippen MR) is 95.0 cm³/mol. The largest absolute Gasteiger partial charge is 0.478 e. The zero-order chi connectivity index (χ0) is 20.3. The molecule has 2 heterocycles. The first-order chi connectivity index (χ1) is 13.3. The fourth-order valence-corrected chi connectivity index (χ4v) is 3.41. The lowest BCUT2D eigenvalue weighted by Crippen LogP contribution is -2.39. The van der Waals surface area contributed by atoms with E-state index in [0.717, 1.165) is 17.7 Å². The van der Waals surface area contributed by atoms with Crippen LogP contribution in [0.1, 0.15) is 44.8 Å². The SMILES string of the molecule is O=C(O)c1ccccc1CC1CCN(C(=O)c2ccc(C(F)(F)F)cn2)CC1. The summed E-state index contributed by atoms with van der Waals surface area (Å²) in [5, 5.41) is 9.28. The Hall–Kier alpha value is -2.90. The second-order valence-corrected chi connectivity index (χ2v) is 6.83. The molecule has 0 bridgehead atoms. The van der Waals surface area contributed by atoms with E-state index in [-0.39, 0.29) is 17.2 Å². The van der Waals surface area contributed by atoms with Crippen molar-refractivity contribution in [3.8, 4) is 0 Å². The Morgan fingerprint density at radius 1 is 1.11 bits per heavy atom. The molecule has 0 atom stereocenters. The van der Waals surface area contributed by atoms with Gasteiger partial charge in [0.15, 0.2) is 0 Å². The zero-order valence-electron chi connectivity index (χ0n) is 14.9. The van der Waals surface area contributed by atoms with E-state index in [0.29, 0.717) is 38.5 Å². The van der Waals surface area contributed by atoms with Crippen molar-refractivity contribution in [1.29, 1.82) is 0 Å². The maximum Gasteiger partial charge on any atom is 0.417 e. The average molecular weight is 392 g/mol. The van der Waals surface area contributed by atoms with Crippen LogP contribution in [0.2, 0.25) is 0 Å². The van der Waals surface area contributed by atoms with E-state index in [9.17, 15) is 27.9 Å². The summed E-state index contributed by atoms with van der Waals surface area (Å²) in [4.78, 5) is 29.0. The lowest BCUT2D eigenvalue weighted by Gasteiger charge is -2.32. The van der Waals surface area contributed by atoms with Crippen LogP contribution in [0.15, 0.2) is 42.6 Å². The van der Waals surface area contributed by atoms with Crippen LogP contribution in [-0.2, 0) is 12.6 Å². The molecule has 0 radical (unpaired) electrons. The third-order valence-electron chi connectivity index (χ3n) is 4.97. The van der Waals surface area contributed by atoms with Gasteiger partial charge < -0.3 is 10.0 Å². The molecule has 1 aromatic heterocycles. The number of piperidine rings is 1. The molecule has 0 saturated carbocycles. The molecule has 1 aliphatic rings. The summed E-state index contributed by atoms with van der Waals surface area (Å²) in [6.45, 7) is 0.920. The monoisotopic (exact) mass is 392 g/mol. The number of alkyl halides is 3. The standard InChI is InChI=1S/C20H19F3N2O3/c21-20(22,23)15-5-6-17(24-12-15)18(26)25-9-7-13(8-10-25)11-14-3-1-2-4-16(14)19(27)28/h1-6,12-13H,7-11H2,(H,27,28). The van der Waals surface area contributed by atoms with Gasteiger partial charge in [-0.2, -0.15) is 13.2 Å². The number of aromatic nitrogens is 1. The number of hydrogen-bond donors (Lipinski definition) is 1. The summed E-state index contributed by atoms with van der Waals surface area (Å²) in [6.07, 6.45) is -1.81. The maximum absolute atomic E-state index is 12.6. The minimum Gasteiger partial charge on any atom is -0.478 e. The highest BCUT2D eigenvalue weighted by atomic mass is 19.4. The van der Waals surface area contributed by atoms with Crippen molar-refractivity contribution in [2.24, 2.45) is 5.92 Å². The molecular formula is C20H19F3N2O3. The molecule has 1 saturated heterocycles. The second-order valence-electron chi connectivity index (χ2n) is 6.83. The Kier molecular flexibility index (Phi) is 5.67. The van der Waals surface area contributed by atoms with Gasteiger partial charge in [0.05, 0.1) is 11.1 Å². The van der Waals surface area contributed by atoms with E-state index < -0.39 is 23.6 Å². The number of hydrogen-bond acceptors (Lipinski definition) is 3. The highest BCUT2D eigenvalue weighted by Crippen LogP contribution is 2.29. The molecule has 8 heteroatoms. The number of rotatable bonds is 4. The molecule has 0 unspecified atom stereocenters. The van der Waals surface area contributed by atoms with Crippen molar-refractivity contribution >= 4 is 11.9 Å². The number of carbonyl (C=O) groups excluding carboxylic acids is 1. The maximum atomic E-state index is 12.6. The van der Waals surface area contributed by atoms with Crippen molar-refractivity contribution in [1.82, 2.24) is 9.88 Å². The number of amides is 1. The molecule has 1 aromatic carbocycles. The number of likely N-dealkylation sites (tertiary alicyclic amines) is 1. The molecule has 28 heavy (non-hydrogen) atoms. The van der Waals surface area contributed by atoms with Crippen molar-refractivity contribution in [2.75, 3.05) is 13.1 Å². The topological polar surface area (TPSA) is 70.5 Å². The Morgan fingerprint density at radius 2 is 1.79 bits per heavy atom. The summed E-state index contributed by atoms with van der Waals surface area (Å²) >= 11 is 0. The van der Waals surface area contributed by atoms with E-state index in [4.69, 9.17) is 0 Å². The molecule has 2 aromatic rings. The van der Waals surface area contributed by atoms with Crippen molar-refractivity contribution in [3.63, 3.8) is 0 Å². The number of halogens is 3. The minimum atomic E-state index is -4.49. The summed E-state index contributed by atoms with van der Waals surface area (Å²) in [6, 6.07) is 8.82. The number of nitrogens with zero attached hydrogens (tertiary/aromatic N) is 2. The van der Waals surface area contributed by atoms with Crippen LogP contribution in [-0.4, -0.2) is 40.0 Å². The van der Waals surface area contributed by atoms with Gasteiger partial charge in [0, 0.05) is 19.3 Å². The van der Waals surface area contributed by atoms with Crippen molar-refractivity contribution in [3.05, 3.63) is 65.0 Å². The van der Waals surface area contributed by atoms with Crippen LogP contribution in [0, 0.1) is 5.92 Å². The molecule has 1 aliphatic heterocycles. The quantitative estimate of drug-likeness (QED) is 0.857. The minimum absolute atomic E-state index is 0.0114. The average Bonchev–Trinajstić information content (AvgIpc) is 2.68. The smallest absolute Gasteiger partial charge is 0.417 e. The summed E-state index contributed by atoms with van der Waals surface area (Å²) in [7, 11) is 0. The van der Waals surface area contributed by atoms with Gasteiger partial charge in [-0.1, -0.05) is 18.2 Å². The molecule has 3 rings (SSSR count). The van der Waals surface area contributed by atoms with Gasteiger partial charge in [0.1, 0.15) is 5.69 Å². The van der Waals surface area contributed by atoms with Crippen molar-refractivity contribution in [2.45, 2.75) is 25.4 Å². The number of carbonyl (C=O) groups is 2. The van der Waals surface area contributed by atoms with Crippen molar-refractivity contribution < 1.29 is 27.9 Å². The van der Waals surface area contributed by atoms with Crippen LogP contribution in [0.5, 0.6) is 0 Å². The summed E-state index contributed by atoms with van der Waals surface area (Å²) in [5.74, 6) is -1.11. The molecule has 0 aliphatic carbocycles. The van der Waals surface area contributed by atoms with Gasteiger partial charge in [-0.25, -0.2) is 4.79 Å². The van der Waals surface area contributed by atoms with Gasteiger partial charge in [-0.15, -0.1) is 0 Å². The third kappa shape index (κ3) is 4.49. The van der Waals surface area contributed by atoms with Gasteiger partial charge in [0.2, 0.25) is 0 Å². The van der Waals surface area contributed by atoms with E-state index in [1.54, 1.807) is 29.2 Å². The van der Waals surface area contributed by atoms with Crippen LogP contribution in [0.4, 0.5) is 13.2 Å². The van der Waals surface area contributed by atoms with Gasteiger partial charge in [-0.05, 0) is 48.9 Å². The van der Waals surface area contributed by atoms with Gasteiger partial charge in [-0.3, -0.25) is 9.78 Å². The van der Waals surface area contributed by atoms with Gasteiger partial charge >= 0.3 is 12.1 Å². The van der Waals surface area contributed by atoms with E-state index in [1.165, 1.54) is 0 Å². The fourth-order valence-electron chi connectivity index (χ4n) is 3.41. The molecule has 148 valence electrons. The number of aromatic carboxylic acids is 1. The van der Waals surface area contributed by atoms with Gasteiger partial charge in [0.25, 0.3) is 5.91 Å². The van der Waals surface area contributed by atoms with Crippen LogP contribution < -0.4 is 0 Å². The summed E-state index contributed by atoms with van der Waals surface area (Å²) in [5.41, 5.74) is 0.154. The predicted octanol–water partition coefficient (Wildman–Crippen LogP) is 3.89. The third-order valence-corrected chi connectivity index (χ3v) is 4.97. The Morgan fingerprint density at radius 3 is 2.36 bits per heavy atom. The number of carboxylic acid groups (broad SMARTS) is 1. The molecule has 0 spiro atoms. The Labute approximate surface area is 159 Å². The number of carboxylic acids is 1. The van der Waals surface area contributed by atoms with E-state index in [2.05, 4.69) is 4.98 Å².